The van der Waals surface area contributed by atoms with Crippen molar-refractivity contribution in [2.24, 2.45) is 7.05 Å². The number of piperidine rings is 1. The van der Waals surface area contributed by atoms with Crippen molar-refractivity contribution in [2.45, 2.75) is 37.8 Å². The standard InChI is InChI=1S/C21H27BrClN5O3/c1-21(31,17-6-4-5-9-24-17)12-27(2)20(30)19-16(11-18(29)28(3)26-19)25-15-8-7-13(22)10-14(15)23/h7-8,10-11,17,24-25,31H,4-6,9,12H2,1-3H3. The van der Waals surface area contributed by atoms with Gasteiger partial charge in [-0.3, -0.25) is 9.59 Å². The van der Waals surface area contributed by atoms with Crippen LogP contribution in [0, 0.1) is 0 Å². The third-order valence-electron chi connectivity index (χ3n) is 5.46. The molecule has 1 fully saturated rings. The van der Waals surface area contributed by atoms with E-state index in [1.165, 1.54) is 18.0 Å². The van der Waals surface area contributed by atoms with Crippen molar-refractivity contribution >= 4 is 44.8 Å². The number of carbonyl (C=O) groups is 1. The van der Waals surface area contributed by atoms with Crippen LogP contribution in [0.15, 0.2) is 33.5 Å². The predicted molar refractivity (Wildman–Crippen MR) is 125 cm³/mol. The quantitative estimate of drug-likeness (QED) is 0.550. The van der Waals surface area contributed by atoms with Crippen LogP contribution in [0.25, 0.3) is 0 Å². The monoisotopic (exact) mass is 511 g/mol. The number of amides is 1. The van der Waals surface area contributed by atoms with Crippen LogP contribution in [0.1, 0.15) is 36.7 Å². The number of rotatable bonds is 6. The number of anilines is 2. The van der Waals surface area contributed by atoms with E-state index in [1.54, 1.807) is 32.2 Å². The van der Waals surface area contributed by atoms with E-state index in [0.29, 0.717) is 10.7 Å². The zero-order valence-corrected chi connectivity index (χ0v) is 20.1. The second-order valence-electron chi connectivity index (χ2n) is 8.14. The first kappa shape index (κ1) is 23.7. The van der Waals surface area contributed by atoms with Crippen LogP contribution in [0.2, 0.25) is 5.02 Å². The second kappa shape index (κ2) is 9.68. The minimum atomic E-state index is -1.10. The lowest BCUT2D eigenvalue weighted by Gasteiger charge is -2.38. The van der Waals surface area contributed by atoms with E-state index in [0.717, 1.165) is 35.0 Å². The van der Waals surface area contributed by atoms with E-state index in [2.05, 4.69) is 31.7 Å². The maximum atomic E-state index is 13.3. The first-order chi connectivity index (χ1) is 14.6. The molecule has 1 amide bonds. The van der Waals surface area contributed by atoms with Crippen molar-refractivity contribution in [3.63, 3.8) is 0 Å². The Morgan fingerprint density at radius 3 is 2.81 bits per heavy atom. The van der Waals surface area contributed by atoms with Crippen molar-refractivity contribution < 1.29 is 9.90 Å². The Kier molecular flexibility index (Phi) is 7.41. The van der Waals surface area contributed by atoms with Gasteiger partial charge in [-0.15, -0.1) is 0 Å². The Morgan fingerprint density at radius 2 is 2.16 bits per heavy atom. The zero-order valence-electron chi connectivity index (χ0n) is 17.8. The number of hydrogen-bond donors (Lipinski definition) is 3. The van der Waals surface area contributed by atoms with Crippen LogP contribution >= 0.6 is 27.5 Å². The average molecular weight is 513 g/mol. The van der Waals surface area contributed by atoms with Gasteiger partial charge in [-0.25, -0.2) is 4.68 Å². The molecule has 8 nitrogen and oxygen atoms in total. The predicted octanol–water partition coefficient (Wildman–Crippen LogP) is 2.90. The highest BCUT2D eigenvalue weighted by Gasteiger charge is 2.35. The van der Waals surface area contributed by atoms with Crippen molar-refractivity contribution in [1.29, 1.82) is 0 Å². The van der Waals surface area contributed by atoms with Gasteiger partial charge in [0.05, 0.1) is 28.5 Å². The summed E-state index contributed by atoms with van der Waals surface area (Å²) < 4.78 is 1.91. The molecule has 0 saturated carbocycles. The largest absolute Gasteiger partial charge is 0.387 e. The molecule has 2 atom stereocenters. The molecule has 1 aliphatic rings. The van der Waals surface area contributed by atoms with E-state index < -0.39 is 11.5 Å². The number of hydrogen-bond acceptors (Lipinski definition) is 6. The van der Waals surface area contributed by atoms with E-state index >= 15 is 0 Å². The number of carbonyl (C=O) groups excluding carboxylic acids is 1. The lowest BCUT2D eigenvalue weighted by molar-refractivity contribution is -0.0122. The molecule has 0 radical (unpaired) electrons. The maximum absolute atomic E-state index is 13.3. The van der Waals surface area contributed by atoms with Gasteiger partial charge in [0.25, 0.3) is 11.5 Å². The Labute approximate surface area is 194 Å². The van der Waals surface area contributed by atoms with Crippen LogP contribution in [-0.2, 0) is 7.05 Å². The summed E-state index contributed by atoms with van der Waals surface area (Å²) in [6, 6.07) is 6.46. The minimum absolute atomic E-state index is 0.0657. The Balaban J connectivity index is 1.87. The first-order valence-electron chi connectivity index (χ1n) is 10.1. The van der Waals surface area contributed by atoms with Gasteiger partial charge in [-0.1, -0.05) is 34.0 Å². The van der Waals surface area contributed by atoms with E-state index in [4.69, 9.17) is 11.6 Å². The number of aliphatic hydroxyl groups is 1. The summed E-state index contributed by atoms with van der Waals surface area (Å²) in [5.41, 5.74) is -0.618. The molecule has 2 aromatic rings. The van der Waals surface area contributed by atoms with E-state index in [9.17, 15) is 14.7 Å². The fourth-order valence-electron chi connectivity index (χ4n) is 3.75. The summed E-state index contributed by atoms with van der Waals surface area (Å²) in [7, 11) is 3.10. The van der Waals surface area contributed by atoms with Crippen LogP contribution in [0.4, 0.5) is 11.4 Å². The van der Waals surface area contributed by atoms with Crippen molar-refractivity contribution in [1.82, 2.24) is 20.0 Å². The van der Waals surface area contributed by atoms with Gasteiger partial charge in [-0.2, -0.15) is 5.10 Å². The summed E-state index contributed by atoms with van der Waals surface area (Å²) in [4.78, 5) is 26.9. The fraction of sp³-hybridized carbons (Fsp3) is 0.476. The molecule has 1 aliphatic heterocycles. The van der Waals surface area contributed by atoms with Crippen LogP contribution < -0.4 is 16.2 Å². The number of nitrogens with one attached hydrogen (secondary N) is 2. The molecule has 1 aromatic heterocycles. The molecule has 2 heterocycles. The number of likely N-dealkylation sites (N-methyl/N-ethyl adjacent to an activating group) is 1. The fourth-order valence-corrected chi connectivity index (χ4v) is 4.47. The average Bonchev–Trinajstić information content (AvgIpc) is 2.72. The molecule has 3 N–H and O–H groups in total. The molecule has 168 valence electrons. The Hall–Kier alpha value is -1.94. The lowest BCUT2D eigenvalue weighted by atomic mass is 9.89. The molecule has 2 unspecified atom stereocenters. The van der Waals surface area contributed by atoms with Crippen molar-refractivity contribution in [2.75, 3.05) is 25.5 Å². The van der Waals surface area contributed by atoms with Crippen LogP contribution in [-0.4, -0.2) is 57.5 Å². The lowest BCUT2D eigenvalue weighted by Crippen LogP contribution is -2.56. The molecule has 1 aromatic carbocycles. The highest BCUT2D eigenvalue weighted by molar-refractivity contribution is 9.10. The van der Waals surface area contributed by atoms with Gasteiger partial charge < -0.3 is 20.6 Å². The normalized spacial score (nSPS) is 18.3. The molecular formula is C21H27BrClN5O3. The number of aryl methyl sites for hydroxylation is 1. The zero-order chi connectivity index (χ0) is 22.8. The van der Waals surface area contributed by atoms with Gasteiger partial charge in [0, 0.05) is 30.7 Å². The molecule has 3 rings (SSSR count). The third-order valence-corrected chi connectivity index (χ3v) is 6.27. The van der Waals surface area contributed by atoms with Gasteiger partial charge in [0.1, 0.15) is 0 Å². The van der Waals surface area contributed by atoms with Gasteiger partial charge in [0.15, 0.2) is 5.69 Å². The van der Waals surface area contributed by atoms with E-state index in [1.807, 2.05) is 0 Å². The number of aromatic nitrogens is 2. The van der Waals surface area contributed by atoms with E-state index in [-0.39, 0.29) is 29.5 Å². The van der Waals surface area contributed by atoms with Gasteiger partial charge >= 0.3 is 0 Å². The molecule has 0 spiro atoms. The first-order valence-corrected chi connectivity index (χ1v) is 11.3. The Bertz CT molecular complexity index is 1020. The third kappa shape index (κ3) is 5.65. The summed E-state index contributed by atoms with van der Waals surface area (Å²) in [6.45, 7) is 2.70. The second-order valence-corrected chi connectivity index (χ2v) is 9.46. The molecule has 10 heteroatoms. The van der Waals surface area contributed by atoms with Crippen LogP contribution in [0.3, 0.4) is 0 Å². The molecule has 0 bridgehead atoms. The summed E-state index contributed by atoms with van der Waals surface area (Å²) >= 11 is 9.64. The van der Waals surface area contributed by atoms with Gasteiger partial charge in [-0.05, 0) is 44.5 Å². The maximum Gasteiger partial charge on any atom is 0.276 e. The highest BCUT2D eigenvalue weighted by Crippen LogP contribution is 2.29. The SMILES string of the molecule is CN(CC(C)(O)C1CCCCN1)C(=O)c1nn(C)c(=O)cc1Nc1ccc(Br)cc1Cl. The Morgan fingerprint density at radius 1 is 1.42 bits per heavy atom. The topological polar surface area (TPSA) is 99.5 Å². The van der Waals surface area contributed by atoms with Gasteiger partial charge in [0.2, 0.25) is 0 Å². The highest BCUT2D eigenvalue weighted by atomic mass is 79.9. The molecular weight excluding hydrogens is 486 g/mol. The van der Waals surface area contributed by atoms with Crippen molar-refractivity contribution in [3.05, 3.63) is 49.8 Å². The number of halogens is 2. The summed E-state index contributed by atoms with van der Waals surface area (Å²) in [5.74, 6) is -0.414. The summed E-state index contributed by atoms with van der Waals surface area (Å²) in [5, 5.41) is 22.0. The number of nitrogens with zero attached hydrogens (tertiary/aromatic N) is 3. The molecule has 0 aliphatic carbocycles. The smallest absolute Gasteiger partial charge is 0.276 e. The van der Waals surface area contributed by atoms with Crippen LogP contribution in [0.5, 0.6) is 0 Å². The molecule has 31 heavy (non-hydrogen) atoms. The summed E-state index contributed by atoms with van der Waals surface area (Å²) in [6.07, 6.45) is 2.97. The molecule has 1 saturated heterocycles. The van der Waals surface area contributed by atoms with Crippen molar-refractivity contribution in [3.8, 4) is 0 Å². The minimum Gasteiger partial charge on any atom is -0.387 e. The number of benzene rings is 1.